The van der Waals surface area contributed by atoms with E-state index in [0.29, 0.717) is 5.91 Å². The number of likely N-dealkylation sites (tertiary alicyclic amines) is 1. The zero-order valence-electron chi connectivity index (χ0n) is 7.50. The van der Waals surface area contributed by atoms with E-state index in [4.69, 9.17) is 0 Å². The number of carbonyl (C=O) groups excluding carboxylic acids is 1. The van der Waals surface area contributed by atoms with Crippen LogP contribution in [0, 0.1) is 0 Å². The van der Waals surface area contributed by atoms with Gasteiger partial charge in [-0.25, -0.2) is 0 Å². The van der Waals surface area contributed by atoms with E-state index in [1.165, 1.54) is 0 Å². The highest BCUT2D eigenvalue weighted by atomic mass is 16.2. The minimum absolute atomic E-state index is 0.255. The molecule has 1 aliphatic heterocycles. The third kappa shape index (κ3) is 1.71. The van der Waals surface area contributed by atoms with E-state index < -0.39 is 0 Å². The molecule has 1 atom stereocenters. The number of amides is 1. The number of carbonyl (C=O) groups is 1. The third-order valence-electron chi connectivity index (χ3n) is 2.31. The normalized spacial score (nSPS) is 21.5. The van der Waals surface area contributed by atoms with Gasteiger partial charge in [-0.3, -0.25) is 9.69 Å². The molecule has 1 rings (SSSR count). The molecule has 1 fully saturated rings. The van der Waals surface area contributed by atoms with Crippen LogP contribution in [0.25, 0.3) is 0 Å². The molecule has 64 valence electrons. The standard InChI is InChI=1S/C8H16N2O/c1-7(9(2)3)10-6-4-5-8(10)11/h7H,4-6H2,1-3H3. The first-order valence-corrected chi connectivity index (χ1v) is 4.09. The van der Waals surface area contributed by atoms with Crippen LogP contribution in [-0.2, 0) is 4.79 Å². The lowest BCUT2D eigenvalue weighted by Gasteiger charge is -2.29. The van der Waals surface area contributed by atoms with E-state index in [9.17, 15) is 4.79 Å². The molecule has 0 saturated carbocycles. The Morgan fingerprint density at radius 1 is 1.55 bits per heavy atom. The van der Waals surface area contributed by atoms with Gasteiger partial charge in [0.1, 0.15) is 0 Å². The molecule has 1 amide bonds. The summed E-state index contributed by atoms with van der Waals surface area (Å²) in [7, 11) is 3.99. The number of hydrogen-bond donors (Lipinski definition) is 0. The van der Waals surface area contributed by atoms with Gasteiger partial charge < -0.3 is 4.90 Å². The fourth-order valence-corrected chi connectivity index (χ4v) is 1.34. The Morgan fingerprint density at radius 2 is 2.18 bits per heavy atom. The Kier molecular flexibility index (Phi) is 2.49. The first-order valence-electron chi connectivity index (χ1n) is 4.09. The Labute approximate surface area is 68.0 Å². The lowest BCUT2D eigenvalue weighted by Crippen LogP contribution is -2.43. The van der Waals surface area contributed by atoms with Crippen LogP contribution >= 0.6 is 0 Å². The van der Waals surface area contributed by atoms with Gasteiger partial charge in [-0.05, 0) is 27.4 Å². The quantitative estimate of drug-likeness (QED) is 0.582. The highest BCUT2D eigenvalue weighted by Gasteiger charge is 2.25. The second-order valence-electron chi connectivity index (χ2n) is 3.29. The lowest BCUT2D eigenvalue weighted by atomic mass is 10.4. The van der Waals surface area contributed by atoms with Crippen LogP contribution in [0.2, 0.25) is 0 Å². The van der Waals surface area contributed by atoms with Crippen molar-refractivity contribution >= 4 is 5.91 Å². The maximum atomic E-state index is 11.2. The topological polar surface area (TPSA) is 23.6 Å². The van der Waals surface area contributed by atoms with Crippen molar-refractivity contribution in [2.24, 2.45) is 0 Å². The van der Waals surface area contributed by atoms with Gasteiger partial charge in [0, 0.05) is 13.0 Å². The maximum absolute atomic E-state index is 11.2. The fourth-order valence-electron chi connectivity index (χ4n) is 1.34. The molecule has 0 N–H and O–H groups in total. The Balaban J connectivity index is 2.52. The van der Waals surface area contributed by atoms with Crippen LogP contribution in [-0.4, -0.2) is 42.5 Å². The van der Waals surface area contributed by atoms with Crippen LogP contribution in [0.3, 0.4) is 0 Å². The molecule has 0 aromatic heterocycles. The van der Waals surface area contributed by atoms with Crippen molar-refractivity contribution in [2.75, 3.05) is 20.6 Å². The lowest BCUT2D eigenvalue weighted by molar-refractivity contribution is -0.131. The summed E-state index contributed by atoms with van der Waals surface area (Å²) in [6.07, 6.45) is 2.01. The zero-order valence-corrected chi connectivity index (χ0v) is 7.50. The van der Waals surface area contributed by atoms with Crippen molar-refractivity contribution < 1.29 is 4.79 Å². The molecule has 0 spiro atoms. The Bertz CT molecular complexity index is 156. The molecule has 11 heavy (non-hydrogen) atoms. The minimum atomic E-state index is 0.255. The summed E-state index contributed by atoms with van der Waals surface area (Å²) < 4.78 is 0. The summed E-state index contributed by atoms with van der Waals surface area (Å²) in [5.41, 5.74) is 0. The van der Waals surface area contributed by atoms with Gasteiger partial charge in [-0.15, -0.1) is 0 Å². The Hall–Kier alpha value is -0.570. The molecular formula is C8H16N2O. The average molecular weight is 156 g/mol. The van der Waals surface area contributed by atoms with Crippen LogP contribution in [0.15, 0.2) is 0 Å². The van der Waals surface area contributed by atoms with E-state index in [1.807, 2.05) is 19.0 Å². The van der Waals surface area contributed by atoms with E-state index in [-0.39, 0.29) is 6.17 Å². The second kappa shape index (κ2) is 3.22. The molecule has 0 aromatic rings. The van der Waals surface area contributed by atoms with Crippen LogP contribution in [0.4, 0.5) is 0 Å². The fraction of sp³-hybridized carbons (Fsp3) is 0.875. The van der Waals surface area contributed by atoms with Crippen molar-refractivity contribution in [3.63, 3.8) is 0 Å². The molecular weight excluding hydrogens is 140 g/mol. The van der Waals surface area contributed by atoms with Gasteiger partial charge in [-0.1, -0.05) is 0 Å². The van der Waals surface area contributed by atoms with Crippen molar-refractivity contribution in [2.45, 2.75) is 25.9 Å². The van der Waals surface area contributed by atoms with Crippen molar-refractivity contribution in [1.82, 2.24) is 9.80 Å². The SMILES string of the molecule is CC(N(C)C)N1CCCC1=O. The van der Waals surface area contributed by atoms with Crippen molar-refractivity contribution in [1.29, 1.82) is 0 Å². The van der Waals surface area contributed by atoms with Gasteiger partial charge in [0.15, 0.2) is 0 Å². The van der Waals surface area contributed by atoms with E-state index in [1.54, 1.807) is 0 Å². The molecule has 1 saturated heterocycles. The van der Waals surface area contributed by atoms with Crippen LogP contribution < -0.4 is 0 Å². The predicted molar refractivity (Wildman–Crippen MR) is 44.1 cm³/mol. The average Bonchev–Trinajstić information content (AvgIpc) is 2.33. The zero-order chi connectivity index (χ0) is 8.43. The summed E-state index contributed by atoms with van der Waals surface area (Å²) in [6, 6.07) is 0. The molecule has 0 aliphatic carbocycles. The summed E-state index contributed by atoms with van der Waals surface area (Å²) in [6.45, 7) is 2.99. The van der Waals surface area contributed by atoms with Crippen LogP contribution in [0.1, 0.15) is 19.8 Å². The van der Waals surface area contributed by atoms with Crippen LogP contribution in [0.5, 0.6) is 0 Å². The number of hydrogen-bond acceptors (Lipinski definition) is 2. The van der Waals surface area contributed by atoms with Gasteiger partial charge in [0.2, 0.25) is 5.91 Å². The molecule has 0 aromatic carbocycles. The summed E-state index contributed by atoms with van der Waals surface area (Å²) in [5.74, 6) is 0.297. The van der Waals surface area contributed by atoms with Crippen molar-refractivity contribution in [3.05, 3.63) is 0 Å². The molecule has 0 bridgehead atoms. The summed E-state index contributed by atoms with van der Waals surface area (Å²) in [5, 5.41) is 0. The van der Waals surface area contributed by atoms with Gasteiger partial charge in [-0.2, -0.15) is 0 Å². The summed E-state index contributed by atoms with van der Waals surface area (Å²) >= 11 is 0. The first-order chi connectivity index (χ1) is 5.13. The first kappa shape index (κ1) is 8.53. The monoisotopic (exact) mass is 156 g/mol. The molecule has 0 radical (unpaired) electrons. The predicted octanol–water partition coefficient (Wildman–Crippen LogP) is 0.516. The summed E-state index contributed by atoms with van der Waals surface area (Å²) in [4.78, 5) is 15.2. The van der Waals surface area contributed by atoms with E-state index in [2.05, 4.69) is 11.8 Å². The van der Waals surface area contributed by atoms with Gasteiger partial charge in [0.25, 0.3) is 0 Å². The highest BCUT2D eigenvalue weighted by Crippen LogP contribution is 2.13. The molecule has 3 heteroatoms. The molecule has 1 heterocycles. The molecule has 1 unspecified atom stereocenters. The van der Waals surface area contributed by atoms with E-state index >= 15 is 0 Å². The number of rotatable bonds is 2. The van der Waals surface area contributed by atoms with Crippen molar-refractivity contribution in [3.8, 4) is 0 Å². The highest BCUT2D eigenvalue weighted by molar-refractivity contribution is 5.78. The van der Waals surface area contributed by atoms with Gasteiger partial charge >= 0.3 is 0 Å². The smallest absolute Gasteiger partial charge is 0.223 e. The third-order valence-corrected chi connectivity index (χ3v) is 2.31. The largest absolute Gasteiger partial charge is 0.327 e. The minimum Gasteiger partial charge on any atom is -0.327 e. The second-order valence-corrected chi connectivity index (χ2v) is 3.29. The molecule has 3 nitrogen and oxygen atoms in total. The molecule has 1 aliphatic rings. The van der Waals surface area contributed by atoms with Gasteiger partial charge in [0.05, 0.1) is 6.17 Å². The maximum Gasteiger partial charge on any atom is 0.223 e. The van der Waals surface area contributed by atoms with E-state index in [0.717, 1.165) is 19.4 Å². The number of nitrogens with zero attached hydrogens (tertiary/aromatic N) is 2. The Morgan fingerprint density at radius 3 is 2.55 bits per heavy atom.